The average Bonchev–Trinajstić information content (AvgIpc) is 3.86. The first-order valence-electron chi connectivity index (χ1n) is 19.5. The number of nitrogens with zero attached hydrogens (tertiary/aromatic N) is 4. The number of hydrogen-bond donors (Lipinski definition) is 0. The molecule has 12 aromatic rings. The Labute approximate surface area is 338 Å². The average molecular weight is 757 g/mol. The third-order valence-electron chi connectivity index (χ3n) is 11.4. The molecule has 0 atom stereocenters. The second-order valence-electron chi connectivity index (χ2n) is 14.8. The Morgan fingerprint density at radius 1 is 0.431 bits per heavy atom. The summed E-state index contributed by atoms with van der Waals surface area (Å²) in [6.07, 6.45) is 1.83. The highest BCUT2D eigenvalue weighted by Gasteiger charge is 2.22. The van der Waals surface area contributed by atoms with Crippen LogP contribution in [-0.4, -0.2) is 19.5 Å². The van der Waals surface area contributed by atoms with E-state index in [2.05, 4.69) is 180 Å². The molecule has 0 amide bonds. The molecule has 8 aromatic carbocycles. The number of aromatic nitrogens is 4. The van der Waals surface area contributed by atoms with Gasteiger partial charge in [-0.1, -0.05) is 133 Å². The summed E-state index contributed by atoms with van der Waals surface area (Å²) in [5.41, 5.74) is 12.3. The van der Waals surface area contributed by atoms with E-state index in [-0.39, 0.29) is 0 Å². The van der Waals surface area contributed by atoms with Crippen molar-refractivity contribution in [1.82, 2.24) is 19.5 Å². The summed E-state index contributed by atoms with van der Waals surface area (Å²) in [5, 5.41) is 7.68. The first-order valence-corrected chi connectivity index (χ1v) is 20.3. The third-order valence-corrected chi connectivity index (χ3v) is 12.6. The molecule has 0 fully saturated rings. The van der Waals surface area contributed by atoms with Crippen LogP contribution in [0.25, 0.3) is 114 Å². The fraction of sp³-hybridized carbons (Fsp3) is 0. The van der Waals surface area contributed by atoms with Crippen molar-refractivity contribution >= 4 is 75.1 Å². The molecule has 0 radical (unpaired) electrons. The van der Waals surface area contributed by atoms with Gasteiger partial charge in [-0.15, -0.1) is 11.3 Å². The largest absolute Gasteiger partial charge is 0.309 e. The van der Waals surface area contributed by atoms with E-state index < -0.39 is 0 Å². The molecule has 0 bridgehead atoms. The zero-order chi connectivity index (χ0) is 38.2. The topological polar surface area (TPSA) is 43.6 Å². The number of fused-ring (bicyclic) bond motifs is 11. The molecule has 0 aliphatic heterocycles. The minimum absolute atomic E-state index is 0.654. The van der Waals surface area contributed by atoms with E-state index in [4.69, 9.17) is 15.0 Å². The van der Waals surface area contributed by atoms with Gasteiger partial charge in [-0.2, -0.15) is 0 Å². The number of hydrogen-bond acceptors (Lipinski definition) is 4. The van der Waals surface area contributed by atoms with Gasteiger partial charge in [-0.3, -0.25) is 4.98 Å². The lowest BCUT2D eigenvalue weighted by atomic mass is 9.94. The molecule has 5 heteroatoms. The summed E-state index contributed by atoms with van der Waals surface area (Å²) in [5.74, 6) is 0.654. The van der Waals surface area contributed by atoms with Crippen LogP contribution in [0.1, 0.15) is 0 Å². The summed E-state index contributed by atoms with van der Waals surface area (Å²) in [6, 6.07) is 67.0. The van der Waals surface area contributed by atoms with Crippen LogP contribution in [0.3, 0.4) is 0 Å². The highest BCUT2D eigenvalue weighted by atomic mass is 32.1. The van der Waals surface area contributed by atoms with E-state index in [1.165, 1.54) is 52.8 Å². The van der Waals surface area contributed by atoms with Crippen LogP contribution in [0.4, 0.5) is 0 Å². The van der Waals surface area contributed by atoms with Gasteiger partial charge in [0.25, 0.3) is 0 Å². The fourth-order valence-corrected chi connectivity index (χ4v) is 10.1. The zero-order valence-electron chi connectivity index (χ0n) is 31.2. The van der Waals surface area contributed by atoms with Crippen LogP contribution in [0.15, 0.2) is 194 Å². The van der Waals surface area contributed by atoms with E-state index in [1.807, 2.05) is 29.7 Å². The highest BCUT2D eigenvalue weighted by Crippen LogP contribution is 2.48. The summed E-state index contributed by atoms with van der Waals surface area (Å²) >= 11 is 1.89. The standard InChI is InChI=1S/C53H32N4S/c1-3-15-33(16-4-1)36-29-37(34-17-5-2-6-18-34)31-38(30-36)49-50-44(25-14-28-54-50)55-53(56-49)35-19-13-20-39(32-35)57-45-26-11-9-23-42(45)48-51(57)41-22-8-7-21-40(41)47-43-24-10-12-27-46(43)58-52(47)48/h1-32H. The number of thiophene rings is 1. The van der Waals surface area contributed by atoms with Crippen LogP contribution >= 0.6 is 11.3 Å². The Morgan fingerprint density at radius 2 is 1.07 bits per heavy atom. The van der Waals surface area contributed by atoms with Crippen LogP contribution < -0.4 is 0 Å². The van der Waals surface area contributed by atoms with Crippen molar-refractivity contribution in [2.45, 2.75) is 0 Å². The van der Waals surface area contributed by atoms with Crippen molar-refractivity contribution in [3.63, 3.8) is 0 Å². The Balaban J connectivity index is 1.10. The second-order valence-corrected chi connectivity index (χ2v) is 15.8. The number of benzene rings is 8. The summed E-state index contributed by atoms with van der Waals surface area (Å²) < 4.78 is 5.07. The first-order chi connectivity index (χ1) is 28.8. The monoisotopic (exact) mass is 756 g/mol. The third kappa shape index (κ3) is 5.11. The van der Waals surface area contributed by atoms with Gasteiger partial charge in [0.05, 0.1) is 16.6 Å². The van der Waals surface area contributed by atoms with Gasteiger partial charge in [0, 0.05) is 59.3 Å². The van der Waals surface area contributed by atoms with Crippen LogP contribution in [0, 0.1) is 0 Å². The quantitative estimate of drug-likeness (QED) is 0.176. The molecule has 0 saturated carbocycles. The normalized spacial score (nSPS) is 11.8. The van der Waals surface area contributed by atoms with Gasteiger partial charge >= 0.3 is 0 Å². The Bertz CT molecular complexity index is 3510. The number of rotatable bonds is 5. The maximum Gasteiger partial charge on any atom is 0.160 e. The van der Waals surface area contributed by atoms with Crippen molar-refractivity contribution in [2.75, 3.05) is 0 Å². The predicted molar refractivity (Wildman–Crippen MR) is 244 cm³/mol. The molecular formula is C53H32N4S. The molecule has 0 spiro atoms. The smallest absolute Gasteiger partial charge is 0.160 e. The van der Waals surface area contributed by atoms with E-state index in [1.54, 1.807) is 0 Å². The number of pyridine rings is 1. The van der Waals surface area contributed by atoms with E-state index >= 15 is 0 Å². The Hall–Kier alpha value is -7.47. The molecular weight excluding hydrogens is 725 g/mol. The van der Waals surface area contributed by atoms with Crippen LogP contribution in [-0.2, 0) is 0 Å². The van der Waals surface area contributed by atoms with Gasteiger partial charge in [-0.05, 0) is 82.2 Å². The molecule has 4 nitrogen and oxygen atoms in total. The molecule has 12 rings (SSSR count). The molecule has 270 valence electrons. The van der Waals surface area contributed by atoms with E-state index in [0.29, 0.717) is 5.82 Å². The minimum atomic E-state index is 0.654. The molecule has 58 heavy (non-hydrogen) atoms. The molecule has 0 aliphatic rings. The summed E-state index contributed by atoms with van der Waals surface area (Å²) in [6.45, 7) is 0. The van der Waals surface area contributed by atoms with Gasteiger partial charge in [-0.25, -0.2) is 9.97 Å². The van der Waals surface area contributed by atoms with Gasteiger partial charge in [0.15, 0.2) is 5.82 Å². The molecule has 4 heterocycles. The van der Waals surface area contributed by atoms with E-state index in [0.717, 1.165) is 55.8 Å². The number of para-hydroxylation sites is 1. The Kier molecular flexibility index (Phi) is 7.37. The maximum atomic E-state index is 5.39. The lowest BCUT2D eigenvalue weighted by Gasteiger charge is -2.14. The van der Waals surface area contributed by atoms with Crippen molar-refractivity contribution in [1.29, 1.82) is 0 Å². The lowest BCUT2D eigenvalue weighted by molar-refractivity contribution is 1.17. The Morgan fingerprint density at radius 3 is 1.84 bits per heavy atom. The first kappa shape index (κ1) is 32.7. The van der Waals surface area contributed by atoms with Crippen molar-refractivity contribution in [2.24, 2.45) is 0 Å². The SMILES string of the molecule is c1ccc(-c2cc(-c3ccccc3)cc(-c3nc(-c4cccc(-n5c6ccccc6c6c7sc8ccccc8c7c7ccccc7c65)c4)nc4cccnc34)c2)cc1. The van der Waals surface area contributed by atoms with Crippen LogP contribution in [0.5, 0.6) is 0 Å². The summed E-state index contributed by atoms with van der Waals surface area (Å²) in [4.78, 5) is 15.4. The van der Waals surface area contributed by atoms with Gasteiger partial charge in [0.1, 0.15) is 11.2 Å². The highest BCUT2D eigenvalue weighted by molar-refractivity contribution is 7.27. The second kappa shape index (κ2) is 13.1. The van der Waals surface area contributed by atoms with Gasteiger partial charge < -0.3 is 4.57 Å². The van der Waals surface area contributed by atoms with E-state index in [9.17, 15) is 0 Å². The minimum Gasteiger partial charge on any atom is -0.309 e. The lowest BCUT2D eigenvalue weighted by Crippen LogP contribution is -1.99. The summed E-state index contributed by atoms with van der Waals surface area (Å²) in [7, 11) is 0. The van der Waals surface area contributed by atoms with Crippen molar-refractivity contribution < 1.29 is 0 Å². The maximum absolute atomic E-state index is 5.39. The molecule has 0 aliphatic carbocycles. The molecule has 0 N–H and O–H groups in total. The van der Waals surface area contributed by atoms with Crippen LogP contribution in [0.2, 0.25) is 0 Å². The van der Waals surface area contributed by atoms with Crippen molar-refractivity contribution in [3.8, 4) is 50.6 Å². The molecule has 4 aromatic heterocycles. The molecule has 0 saturated heterocycles. The van der Waals surface area contributed by atoms with Crippen molar-refractivity contribution in [3.05, 3.63) is 194 Å². The zero-order valence-corrected chi connectivity index (χ0v) is 32.0. The predicted octanol–water partition coefficient (Wildman–Crippen LogP) is 14.3. The molecule has 0 unspecified atom stereocenters. The van der Waals surface area contributed by atoms with Gasteiger partial charge in [0.2, 0.25) is 0 Å². The fourth-order valence-electron chi connectivity index (χ4n) is 8.83.